The van der Waals surface area contributed by atoms with Crippen LogP contribution in [0.25, 0.3) is 0 Å². The summed E-state index contributed by atoms with van der Waals surface area (Å²) in [7, 11) is 0. The third kappa shape index (κ3) is 2.92. The molecule has 0 radical (unpaired) electrons. The van der Waals surface area contributed by atoms with Crippen LogP contribution in [0.3, 0.4) is 0 Å². The Hall–Kier alpha value is -2.46. The summed E-state index contributed by atoms with van der Waals surface area (Å²) >= 11 is 1.50. The SMILES string of the molecule is CCC(Nc1ccc(C#N)cc1[N+](=O)[O-])c1nccs1. The number of aromatic nitrogens is 1. The first-order valence-corrected chi connectivity index (χ1v) is 6.88. The van der Waals surface area contributed by atoms with Crippen molar-refractivity contribution in [3.8, 4) is 6.07 Å². The van der Waals surface area contributed by atoms with E-state index in [4.69, 9.17) is 5.26 Å². The van der Waals surface area contributed by atoms with E-state index < -0.39 is 4.92 Å². The van der Waals surface area contributed by atoms with Crippen LogP contribution in [-0.2, 0) is 0 Å². The van der Waals surface area contributed by atoms with Crippen molar-refractivity contribution in [2.45, 2.75) is 19.4 Å². The molecule has 20 heavy (non-hydrogen) atoms. The van der Waals surface area contributed by atoms with Crippen molar-refractivity contribution >= 4 is 22.7 Å². The van der Waals surface area contributed by atoms with Gasteiger partial charge in [0, 0.05) is 17.6 Å². The van der Waals surface area contributed by atoms with Crippen molar-refractivity contribution in [3.63, 3.8) is 0 Å². The van der Waals surface area contributed by atoms with Gasteiger partial charge in [0.05, 0.1) is 22.6 Å². The average Bonchev–Trinajstić information content (AvgIpc) is 2.98. The molecule has 1 aromatic carbocycles. The van der Waals surface area contributed by atoms with E-state index in [1.54, 1.807) is 18.3 Å². The van der Waals surface area contributed by atoms with Crippen molar-refractivity contribution in [1.82, 2.24) is 4.98 Å². The molecule has 0 spiro atoms. The van der Waals surface area contributed by atoms with E-state index in [0.717, 1.165) is 11.4 Å². The Kier molecular flexibility index (Phi) is 4.27. The first-order chi connectivity index (χ1) is 9.65. The monoisotopic (exact) mass is 288 g/mol. The predicted octanol–water partition coefficient (Wildman–Crippen LogP) is 3.49. The van der Waals surface area contributed by atoms with Crippen molar-refractivity contribution < 1.29 is 4.92 Å². The molecule has 0 saturated carbocycles. The lowest BCUT2D eigenvalue weighted by Gasteiger charge is -2.15. The second kappa shape index (κ2) is 6.12. The fraction of sp³-hybridized carbons (Fsp3) is 0.231. The second-order valence-corrected chi connectivity index (χ2v) is 5.00. The van der Waals surface area contributed by atoms with Crippen LogP contribution in [-0.4, -0.2) is 9.91 Å². The molecule has 1 unspecified atom stereocenters. The molecular formula is C13H12N4O2S. The number of anilines is 1. The zero-order chi connectivity index (χ0) is 14.5. The minimum absolute atomic E-state index is 0.0818. The zero-order valence-electron chi connectivity index (χ0n) is 10.7. The maximum atomic E-state index is 11.1. The Balaban J connectivity index is 2.33. The molecule has 0 amide bonds. The fourth-order valence-electron chi connectivity index (χ4n) is 1.81. The van der Waals surface area contributed by atoms with Crippen LogP contribution in [0.2, 0.25) is 0 Å². The van der Waals surface area contributed by atoms with Gasteiger partial charge in [-0.3, -0.25) is 10.1 Å². The van der Waals surface area contributed by atoms with E-state index >= 15 is 0 Å². The summed E-state index contributed by atoms with van der Waals surface area (Å²) in [5, 5.41) is 25.8. The van der Waals surface area contributed by atoms with Crippen LogP contribution < -0.4 is 5.32 Å². The minimum Gasteiger partial charge on any atom is -0.370 e. The Morgan fingerprint density at radius 2 is 2.40 bits per heavy atom. The Bertz CT molecular complexity index is 649. The van der Waals surface area contributed by atoms with Gasteiger partial charge in [-0.2, -0.15) is 5.26 Å². The number of benzene rings is 1. The highest BCUT2D eigenvalue weighted by molar-refractivity contribution is 7.09. The van der Waals surface area contributed by atoms with Crippen molar-refractivity contribution in [2.24, 2.45) is 0 Å². The lowest BCUT2D eigenvalue weighted by Crippen LogP contribution is -2.10. The van der Waals surface area contributed by atoms with Crippen LogP contribution in [0, 0.1) is 21.4 Å². The third-order valence-corrected chi connectivity index (χ3v) is 3.70. The van der Waals surface area contributed by atoms with Gasteiger partial charge < -0.3 is 5.32 Å². The molecule has 1 heterocycles. The molecule has 0 aliphatic rings. The number of rotatable bonds is 5. The first-order valence-electron chi connectivity index (χ1n) is 6.00. The molecule has 0 fully saturated rings. The van der Waals surface area contributed by atoms with Gasteiger partial charge in [0.25, 0.3) is 5.69 Å². The van der Waals surface area contributed by atoms with Gasteiger partial charge in [0.2, 0.25) is 0 Å². The van der Waals surface area contributed by atoms with E-state index in [9.17, 15) is 10.1 Å². The standard InChI is InChI=1S/C13H12N4O2S/c1-2-10(13-15-5-6-20-13)16-11-4-3-9(8-14)7-12(11)17(18)19/h3-7,10,16H,2H2,1H3. The minimum atomic E-state index is -0.488. The van der Waals surface area contributed by atoms with Gasteiger partial charge in [-0.05, 0) is 18.6 Å². The first kappa shape index (κ1) is 14.0. The Morgan fingerprint density at radius 3 is 2.95 bits per heavy atom. The molecule has 1 N–H and O–H groups in total. The number of nitriles is 1. The largest absolute Gasteiger partial charge is 0.370 e. The third-order valence-electron chi connectivity index (χ3n) is 2.81. The number of nitrogens with one attached hydrogen (secondary N) is 1. The summed E-state index contributed by atoms with van der Waals surface area (Å²) < 4.78 is 0. The summed E-state index contributed by atoms with van der Waals surface area (Å²) in [6, 6.07) is 6.22. The van der Waals surface area contributed by atoms with Gasteiger partial charge >= 0.3 is 0 Å². The van der Waals surface area contributed by atoms with Crippen LogP contribution in [0.15, 0.2) is 29.8 Å². The lowest BCUT2D eigenvalue weighted by molar-refractivity contribution is -0.384. The lowest BCUT2D eigenvalue weighted by atomic mass is 10.1. The van der Waals surface area contributed by atoms with E-state index in [1.807, 2.05) is 18.4 Å². The number of nitrogens with zero attached hydrogens (tertiary/aromatic N) is 3. The van der Waals surface area contributed by atoms with Crippen molar-refractivity contribution in [1.29, 1.82) is 5.26 Å². The fourth-order valence-corrected chi connectivity index (χ4v) is 2.58. The molecule has 102 valence electrons. The molecule has 1 aromatic heterocycles. The summed E-state index contributed by atoms with van der Waals surface area (Å²) in [6.45, 7) is 1.98. The van der Waals surface area contributed by atoms with Crippen LogP contribution in [0.5, 0.6) is 0 Å². The summed E-state index contributed by atoms with van der Waals surface area (Å²) in [4.78, 5) is 14.8. The van der Waals surface area contributed by atoms with Gasteiger partial charge in [0.1, 0.15) is 10.7 Å². The highest BCUT2D eigenvalue weighted by Gasteiger charge is 2.19. The van der Waals surface area contributed by atoms with E-state index in [0.29, 0.717) is 5.69 Å². The predicted molar refractivity (Wildman–Crippen MR) is 76.6 cm³/mol. The highest BCUT2D eigenvalue weighted by atomic mass is 32.1. The molecule has 0 bridgehead atoms. The average molecular weight is 288 g/mol. The van der Waals surface area contributed by atoms with Gasteiger partial charge in [0.15, 0.2) is 0 Å². The molecule has 0 aliphatic heterocycles. The molecule has 6 nitrogen and oxygen atoms in total. The van der Waals surface area contributed by atoms with Crippen LogP contribution in [0.1, 0.15) is 30.0 Å². The molecule has 0 saturated heterocycles. The normalized spacial score (nSPS) is 11.6. The molecular weight excluding hydrogens is 276 g/mol. The summed E-state index contributed by atoms with van der Waals surface area (Å²) in [5.74, 6) is 0. The van der Waals surface area contributed by atoms with Gasteiger partial charge in [-0.1, -0.05) is 6.92 Å². The number of nitro groups is 1. The number of nitro benzene ring substituents is 1. The Labute approximate surface area is 119 Å². The number of hydrogen-bond donors (Lipinski definition) is 1. The number of thiazole rings is 1. The molecule has 2 rings (SSSR count). The molecule has 7 heteroatoms. The van der Waals surface area contributed by atoms with E-state index in [1.165, 1.54) is 17.4 Å². The quantitative estimate of drug-likeness (QED) is 0.671. The van der Waals surface area contributed by atoms with E-state index in [2.05, 4.69) is 10.3 Å². The molecule has 0 aliphatic carbocycles. The van der Waals surface area contributed by atoms with Gasteiger partial charge in [-0.15, -0.1) is 11.3 Å². The topological polar surface area (TPSA) is 91.8 Å². The van der Waals surface area contributed by atoms with Crippen LogP contribution in [0.4, 0.5) is 11.4 Å². The smallest absolute Gasteiger partial charge is 0.293 e. The highest BCUT2D eigenvalue weighted by Crippen LogP contribution is 2.31. The zero-order valence-corrected chi connectivity index (χ0v) is 11.6. The van der Waals surface area contributed by atoms with Crippen LogP contribution >= 0.6 is 11.3 Å². The second-order valence-electron chi connectivity index (χ2n) is 4.08. The molecule has 2 aromatic rings. The molecule has 1 atom stereocenters. The van der Waals surface area contributed by atoms with Crippen molar-refractivity contribution in [3.05, 3.63) is 50.5 Å². The van der Waals surface area contributed by atoms with E-state index in [-0.39, 0.29) is 17.3 Å². The summed E-state index contributed by atoms with van der Waals surface area (Å²) in [5.41, 5.74) is 0.569. The van der Waals surface area contributed by atoms with Crippen molar-refractivity contribution in [2.75, 3.05) is 5.32 Å². The summed E-state index contributed by atoms with van der Waals surface area (Å²) in [6.07, 6.45) is 2.46. The number of hydrogen-bond acceptors (Lipinski definition) is 6. The Morgan fingerprint density at radius 1 is 1.60 bits per heavy atom. The maximum Gasteiger partial charge on any atom is 0.293 e. The maximum absolute atomic E-state index is 11.1. The van der Waals surface area contributed by atoms with Gasteiger partial charge in [-0.25, -0.2) is 4.98 Å².